The van der Waals surface area contributed by atoms with Gasteiger partial charge in [-0.1, -0.05) is 6.92 Å². The van der Waals surface area contributed by atoms with Crippen molar-refractivity contribution >= 4 is 0 Å². The van der Waals surface area contributed by atoms with Crippen LogP contribution in [-0.2, 0) is 20.0 Å². The van der Waals surface area contributed by atoms with Gasteiger partial charge in [-0.3, -0.25) is 0 Å². The summed E-state index contributed by atoms with van der Waals surface area (Å²) >= 11 is 0. The van der Waals surface area contributed by atoms with Crippen LogP contribution in [0.1, 0.15) is 37.4 Å². The highest BCUT2D eigenvalue weighted by atomic mass is 16.3. The fraction of sp³-hybridized carbons (Fsp3) is 0.538. The van der Waals surface area contributed by atoms with E-state index < -0.39 is 6.10 Å². The molecule has 1 unspecified atom stereocenters. The second-order valence-corrected chi connectivity index (χ2v) is 4.52. The molecule has 1 atom stereocenters. The minimum atomic E-state index is -0.476. The van der Waals surface area contributed by atoms with E-state index in [9.17, 15) is 5.11 Å². The van der Waals surface area contributed by atoms with Crippen molar-refractivity contribution in [1.82, 2.24) is 19.1 Å². The molecule has 0 bridgehead atoms. The van der Waals surface area contributed by atoms with Crippen LogP contribution in [0.25, 0.3) is 0 Å². The maximum atomic E-state index is 10.2. The molecule has 0 amide bonds. The summed E-state index contributed by atoms with van der Waals surface area (Å²) in [6, 6.07) is 0. The number of nitrogens with zero attached hydrogens (tertiary/aromatic N) is 4. The summed E-state index contributed by atoms with van der Waals surface area (Å²) in [5.74, 6) is 0.996. The zero-order chi connectivity index (χ0) is 13.0. The fourth-order valence-corrected chi connectivity index (χ4v) is 2.09. The molecule has 0 aromatic carbocycles. The molecule has 2 heterocycles. The van der Waals surface area contributed by atoms with Crippen LogP contribution in [0.2, 0.25) is 0 Å². The fourth-order valence-electron chi connectivity index (χ4n) is 2.09. The molecule has 0 radical (unpaired) electrons. The number of imidazole rings is 2. The number of rotatable bonds is 6. The van der Waals surface area contributed by atoms with Gasteiger partial charge in [0.15, 0.2) is 0 Å². The molecule has 2 rings (SSSR count). The van der Waals surface area contributed by atoms with Crippen LogP contribution < -0.4 is 0 Å². The van der Waals surface area contributed by atoms with Crippen molar-refractivity contribution in [2.24, 2.45) is 7.05 Å². The molecule has 2 aromatic heterocycles. The third-order valence-electron chi connectivity index (χ3n) is 3.11. The number of hydrogen-bond acceptors (Lipinski definition) is 3. The van der Waals surface area contributed by atoms with E-state index in [1.54, 1.807) is 18.7 Å². The number of aliphatic hydroxyl groups excluding tert-OH is 1. The van der Waals surface area contributed by atoms with Crippen LogP contribution >= 0.6 is 0 Å². The van der Waals surface area contributed by atoms with Crippen molar-refractivity contribution in [3.63, 3.8) is 0 Å². The Morgan fingerprint density at radius 2 is 2.28 bits per heavy atom. The Hall–Kier alpha value is -1.62. The van der Waals surface area contributed by atoms with E-state index in [0.29, 0.717) is 6.42 Å². The topological polar surface area (TPSA) is 55.9 Å². The van der Waals surface area contributed by atoms with Gasteiger partial charge in [0.25, 0.3) is 0 Å². The Kier molecular flexibility index (Phi) is 4.15. The molecule has 0 aliphatic carbocycles. The summed E-state index contributed by atoms with van der Waals surface area (Å²) in [6.07, 6.45) is 9.22. The van der Waals surface area contributed by atoms with E-state index in [1.165, 1.54) is 0 Å². The molecular formula is C13H20N4O. The van der Waals surface area contributed by atoms with E-state index in [-0.39, 0.29) is 0 Å². The monoisotopic (exact) mass is 248 g/mol. The Bertz CT molecular complexity index is 489. The smallest absolute Gasteiger partial charge is 0.108 e. The number of aryl methyl sites for hydroxylation is 3. The van der Waals surface area contributed by atoms with Gasteiger partial charge in [-0.25, -0.2) is 9.97 Å². The lowest BCUT2D eigenvalue weighted by Gasteiger charge is -2.13. The van der Waals surface area contributed by atoms with Gasteiger partial charge in [0, 0.05) is 32.4 Å². The van der Waals surface area contributed by atoms with Gasteiger partial charge in [0.1, 0.15) is 5.82 Å². The van der Waals surface area contributed by atoms with E-state index in [1.807, 2.05) is 22.4 Å². The number of aliphatic hydroxyl groups is 1. The van der Waals surface area contributed by atoms with Crippen LogP contribution in [-0.4, -0.2) is 24.2 Å². The molecule has 0 spiro atoms. The van der Waals surface area contributed by atoms with Crippen LogP contribution in [0, 0.1) is 0 Å². The van der Waals surface area contributed by atoms with E-state index in [2.05, 4.69) is 16.9 Å². The van der Waals surface area contributed by atoms with Crippen molar-refractivity contribution in [2.45, 2.75) is 38.8 Å². The average Bonchev–Trinajstić information content (AvgIpc) is 2.96. The van der Waals surface area contributed by atoms with Gasteiger partial charge in [0.2, 0.25) is 0 Å². The third kappa shape index (κ3) is 2.79. The summed E-state index contributed by atoms with van der Waals surface area (Å²) in [5.41, 5.74) is 0.894. The highest BCUT2D eigenvalue weighted by Crippen LogP contribution is 2.18. The van der Waals surface area contributed by atoms with E-state index >= 15 is 0 Å². The molecule has 0 aliphatic rings. The first-order valence-electron chi connectivity index (χ1n) is 6.36. The molecule has 0 saturated carbocycles. The molecule has 0 saturated heterocycles. The van der Waals surface area contributed by atoms with Gasteiger partial charge in [-0.15, -0.1) is 0 Å². The summed E-state index contributed by atoms with van der Waals surface area (Å²) < 4.78 is 4.00. The first kappa shape index (κ1) is 12.8. The predicted octanol–water partition coefficient (Wildman–Crippen LogP) is 1.69. The lowest BCUT2D eigenvalue weighted by Crippen LogP contribution is -2.09. The Morgan fingerprint density at radius 3 is 2.94 bits per heavy atom. The molecule has 0 aliphatic heterocycles. The number of hydrogen-bond donors (Lipinski definition) is 1. The summed E-state index contributed by atoms with van der Waals surface area (Å²) in [4.78, 5) is 8.36. The van der Waals surface area contributed by atoms with Crippen LogP contribution in [0.15, 0.2) is 24.9 Å². The summed E-state index contributed by atoms with van der Waals surface area (Å²) in [6.45, 7) is 3.01. The van der Waals surface area contributed by atoms with Crippen molar-refractivity contribution in [2.75, 3.05) is 0 Å². The summed E-state index contributed by atoms with van der Waals surface area (Å²) in [5, 5.41) is 10.2. The van der Waals surface area contributed by atoms with Crippen molar-refractivity contribution in [3.05, 3.63) is 36.4 Å². The molecule has 1 N–H and O–H groups in total. The Balaban J connectivity index is 1.97. The molecule has 2 aromatic rings. The normalized spacial score (nSPS) is 12.8. The Morgan fingerprint density at radius 1 is 1.44 bits per heavy atom. The molecular weight excluding hydrogens is 228 g/mol. The lowest BCUT2D eigenvalue weighted by atomic mass is 10.1. The molecule has 5 heteroatoms. The van der Waals surface area contributed by atoms with Crippen molar-refractivity contribution < 1.29 is 5.11 Å². The van der Waals surface area contributed by atoms with Gasteiger partial charge in [-0.05, 0) is 12.8 Å². The Labute approximate surface area is 107 Å². The van der Waals surface area contributed by atoms with Crippen molar-refractivity contribution in [1.29, 1.82) is 0 Å². The summed E-state index contributed by atoms with van der Waals surface area (Å²) in [7, 11) is 1.97. The first-order valence-corrected chi connectivity index (χ1v) is 6.36. The van der Waals surface area contributed by atoms with Gasteiger partial charge >= 0.3 is 0 Å². The zero-order valence-electron chi connectivity index (χ0n) is 11.0. The maximum Gasteiger partial charge on any atom is 0.108 e. The standard InChI is InChI=1S/C13H20N4O/c1-3-7-17-10-14-9-11(17)12(18)4-5-13-15-6-8-16(13)2/h6,8-10,12,18H,3-5,7H2,1-2H3. The van der Waals surface area contributed by atoms with E-state index in [4.69, 9.17) is 0 Å². The SMILES string of the molecule is CCCn1cncc1C(O)CCc1nccn1C. The largest absolute Gasteiger partial charge is 0.387 e. The van der Waals surface area contributed by atoms with Crippen LogP contribution in [0.5, 0.6) is 0 Å². The third-order valence-corrected chi connectivity index (χ3v) is 3.11. The molecule has 0 fully saturated rings. The van der Waals surface area contributed by atoms with Gasteiger partial charge < -0.3 is 14.2 Å². The molecule has 98 valence electrons. The highest BCUT2D eigenvalue weighted by Gasteiger charge is 2.13. The minimum Gasteiger partial charge on any atom is -0.387 e. The quantitative estimate of drug-likeness (QED) is 0.846. The molecule has 5 nitrogen and oxygen atoms in total. The molecule has 18 heavy (non-hydrogen) atoms. The van der Waals surface area contributed by atoms with Gasteiger partial charge in [0.05, 0.1) is 24.3 Å². The maximum absolute atomic E-state index is 10.2. The number of aromatic nitrogens is 4. The lowest BCUT2D eigenvalue weighted by molar-refractivity contribution is 0.157. The van der Waals surface area contributed by atoms with E-state index in [0.717, 1.165) is 30.9 Å². The minimum absolute atomic E-state index is 0.476. The average molecular weight is 248 g/mol. The van der Waals surface area contributed by atoms with Crippen LogP contribution in [0.4, 0.5) is 0 Å². The second-order valence-electron chi connectivity index (χ2n) is 4.52. The predicted molar refractivity (Wildman–Crippen MR) is 69.0 cm³/mol. The van der Waals surface area contributed by atoms with Crippen LogP contribution in [0.3, 0.4) is 0 Å². The van der Waals surface area contributed by atoms with Gasteiger partial charge in [-0.2, -0.15) is 0 Å². The second kappa shape index (κ2) is 5.82. The zero-order valence-corrected chi connectivity index (χ0v) is 11.0. The highest BCUT2D eigenvalue weighted by molar-refractivity contribution is 5.03. The van der Waals surface area contributed by atoms with Crippen molar-refractivity contribution in [3.8, 4) is 0 Å². The first-order chi connectivity index (χ1) is 8.72.